The Bertz CT molecular complexity index is 805. The normalized spacial score (nSPS) is 12.3. The number of hydrogen-bond acceptors (Lipinski definition) is 3. The van der Waals surface area contributed by atoms with Gasteiger partial charge >= 0.3 is 6.55 Å². The molecule has 2 aromatic rings. The highest BCUT2D eigenvalue weighted by atomic mass is 19.3. The number of halogens is 2. The van der Waals surface area contributed by atoms with E-state index in [2.05, 4.69) is 10.3 Å². The van der Waals surface area contributed by atoms with E-state index in [1.54, 1.807) is 12.1 Å². The molecule has 0 saturated carbocycles. The van der Waals surface area contributed by atoms with Crippen molar-refractivity contribution in [3.05, 3.63) is 53.6 Å². The molecule has 6 nitrogen and oxygen atoms in total. The third-order valence-electron chi connectivity index (χ3n) is 4.32. The van der Waals surface area contributed by atoms with E-state index in [1.807, 2.05) is 32.9 Å². The molecule has 0 radical (unpaired) electrons. The molecule has 1 N–H and O–H groups in total. The van der Waals surface area contributed by atoms with Crippen LogP contribution in [-0.4, -0.2) is 39.4 Å². The highest BCUT2D eigenvalue weighted by Gasteiger charge is 2.28. The van der Waals surface area contributed by atoms with Gasteiger partial charge in [-0.3, -0.25) is 14.2 Å². The first kappa shape index (κ1) is 20.5. The summed E-state index contributed by atoms with van der Waals surface area (Å²) in [5, 5.41) is 2.77. The molecule has 0 aliphatic carbocycles. The Kier molecular flexibility index (Phi) is 6.65. The molecule has 0 fully saturated rings. The van der Waals surface area contributed by atoms with Crippen LogP contribution in [0, 0.1) is 12.8 Å². The number of benzene rings is 1. The number of likely N-dealkylation sites (N-methyl/N-ethyl adjacent to an activating group) is 1. The summed E-state index contributed by atoms with van der Waals surface area (Å²) < 4.78 is 26.6. The number of aromatic nitrogens is 2. The number of hydrogen-bond donors (Lipinski definition) is 1. The quantitative estimate of drug-likeness (QED) is 0.805. The average molecular weight is 378 g/mol. The van der Waals surface area contributed by atoms with Crippen molar-refractivity contribution in [3.63, 3.8) is 0 Å². The van der Waals surface area contributed by atoms with Crippen molar-refractivity contribution in [1.29, 1.82) is 0 Å². The van der Waals surface area contributed by atoms with Crippen LogP contribution in [0.3, 0.4) is 0 Å². The van der Waals surface area contributed by atoms with Gasteiger partial charge in [0, 0.05) is 25.0 Å². The summed E-state index contributed by atoms with van der Waals surface area (Å²) in [6.07, 6.45) is 2.43. The largest absolute Gasteiger partial charge is 0.340 e. The minimum Gasteiger partial charge on any atom is -0.340 e. The fourth-order valence-electron chi connectivity index (χ4n) is 2.73. The lowest BCUT2D eigenvalue weighted by molar-refractivity contribution is -0.133. The van der Waals surface area contributed by atoms with Crippen molar-refractivity contribution in [2.45, 2.75) is 39.9 Å². The predicted molar refractivity (Wildman–Crippen MR) is 97.2 cm³/mol. The fourth-order valence-corrected chi connectivity index (χ4v) is 2.73. The van der Waals surface area contributed by atoms with Crippen molar-refractivity contribution in [2.24, 2.45) is 5.92 Å². The molecule has 0 bridgehead atoms. The van der Waals surface area contributed by atoms with Gasteiger partial charge in [-0.15, -0.1) is 0 Å². The van der Waals surface area contributed by atoms with E-state index < -0.39 is 12.6 Å². The summed E-state index contributed by atoms with van der Waals surface area (Å²) in [5.41, 5.74) is 1.30. The van der Waals surface area contributed by atoms with Gasteiger partial charge < -0.3 is 10.2 Å². The van der Waals surface area contributed by atoms with Gasteiger partial charge in [0.1, 0.15) is 11.9 Å². The third-order valence-corrected chi connectivity index (χ3v) is 4.32. The topological polar surface area (TPSA) is 67.2 Å². The van der Waals surface area contributed by atoms with Gasteiger partial charge in [0.15, 0.2) is 0 Å². The van der Waals surface area contributed by atoms with Crippen LogP contribution in [0.2, 0.25) is 0 Å². The Hall–Kier alpha value is -2.77. The molecule has 146 valence electrons. The smallest absolute Gasteiger partial charge is 0.319 e. The Morgan fingerprint density at radius 1 is 1.26 bits per heavy atom. The summed E-state index contributed by atoms with van der Waals surface area (Å²) >= 11 is 0. The van der Waals surface area contributed by atoms with Gasteiger partial charge in [-0.25, -0.2) is 4.98 Å². The zero-order valence-corrected chi connectivity index (χ0v) is 15.8. The fraction of sp³-hybridized carbons (Fsp3) is 0.421. The van der Waals surface area contributed by atoms with E-state index in [0.29, 0.717) is 10.1 Å². The summed E-state index contributed by atoms with van der Waals surface area (Å²) in [6.45, 7) is 2.63. The van der Waals surface area contributed by atoms with E-state index >= 15 is 0 Å². The molecule has 27 heavy (non-hydrogen) atoms. The SMILES string of the molecule is Cc1ccccc1C(=O)NC(C(=O)N(C)Cc1nccn1C(F)F)C(C)C. The monoisotopic (exact) mass is 378 g/mol. The van der Waals surface area contributed by atoms with Crippen LogP contribution in [-0.2, 0) is 11.3 Å². The lowest BCUT2D eigenvalue weighted by Gasteiger charge is -2.27. The molecule has 1 aromatic carbocycles. The molecule has 1 atom stereocenters. The minimum atomic E-state index is -2.73. The molecule has 8 heteroatoms. The van der Waals surface area contributed by atoms with Gasteiger partial charge in [-0.1, -0.05) is 32.0 Å². The second-order valence-corrected chi connectivity index (χ2v) is 6.73. The number of nitrogens with one attached hydrogen (secondary N) is 1. The van der Waals surface area contributed by atoms with Crippen LogP contribution in [0.5, 0.6) is 0 Å². The maximum atomic E-state index is 13.0. The molecule has 0 spiro atoms. The maximum absolute atomic E-state index is 13.0. The van der Waals surface area contributed by atoms with Crippen LogP contribution in [0.1, 0.15) is 42.1 Å². The van der Waals surface area contributed by atoms with Crippen LogP contribution < -0.4 is 5.32 Å². The van der Waals surface area contributed by atoms with Crippen molar-refractivity contribution >= 4 is 11.8 Å². The van der Waals surface area contributed by atoms with Gasteiger partial charge in [0.05, 0.1) is 6.54 Å². The molecular weight excluding hydrogens is 354 g/mol. The Morgan fingerprint density at radius 3 is 2.52 bits per heavy atom. The number of carbonyl (C=O) groups excluding carboxylic acids is 2. The zero-order valence-electron chi connectivity index (χ0n) is 15.8. The summed E-state index contributed by atoms with van der Waals surface area (Å²) in [5.74, 6) is -0.810. The first-order valence-corrected chi connectivity index (χ1v) is 8.63. The molecular formula is C19H24F2N4O2. The van der Waals surface area contributed by atoms with Gasteiger partial charge in [0.2, 0.25) is 5.91 Å². The van der Waals surface area contributed by atoms with Crippen LogP contribution >= 0.6 is 0 Å². The third kappa shape index (κ3) is 4.90. The molecule has 2 amide bonds. The van der Waals surface area contributed by atoms with Crippen LogP contribution in [0.25, 0.3) is 0 Å². The number of nitrogens with zero attached hydrogens (tertiary/aromatic N) is 3. The van der Waals surface area contributed by atoms with E-state index in [1.165, 1.54) is 18.1 Å². The molecule has 1 aromatic heterocycles. The van der Waals surface area contributed by atoms with E-state index in [-0.39, 0.29) is 30.1 Å². The molecule has 2 rings (SSSR count). The minimum absolute atomic E-state index is 0.0774. The average Bonchev–Trinajstić information content (AvgIpc) is 3.07. The van der Waals surface area contributed by atoms with Crippen molar-refractivity contribution in [1.82, 2.24) is 19.8 Å². The van der Waals surface area contributed by atoms with E-state index in [9.17, 15) is 18.4 Å². The predicted octanol–water partition coefficient (Wildman–Crippen LogP) is 3.00. The van der Waals surface area contributed by atoms with Gasteiger partial charge in [-0.2, -0.15) is 8.78 Å². The molecule has 1 unspecified atom stereocenters. The Labute approximate surface area is 157 Å². The summed E-state index contributed by atoms with van der Waals surface area (Å²) in [7, 11) is 1.50. The molecule has 0 saturated heterocycles. The van der Waals surface area contributed by atoms with Crippen molar-refractivity contribution < 1.29 is 18.4 Å². The number of amides is 2. The second kappa shape index (κ2) is 8.75. The Balaban J connectivity index is 2.13. The van der Waals surface area contributed by atoms with E-state index in [4.69, 9.17) is 0 Å². The first-order valence-electron chi connectivity index (χ1n) is 8.63. The van der Waals surface area contributed by atoms with Crippen LogP contribution in [0.4, 0.5) is 8.78 Å². The summed E-state index contributed by atoms with van der Waals surface area (Å²) in [4.78, 5) is 30.6. The van der Waals surface area contributed by atoms with Crippen molar-refractivity contribution in [3.8, 4) is 0 Å². The second-order valence-electron chi connectivity index (χ2n) is 6.73. The Morgan fingerprint density at radius 2 is 1.93 bits per heavy atom. The van der Waals surface area contributed by atoms with Gasteiger partial charge in [0.25, 0.3) is 5.91 Å². The lowest BCUT2D eigenvalue weighted by Crippen LogP contribution is -2.50. The number of aryl methyl sites for hydroxylation is 1. The van der Waals surface area contributed by atoms with E-state index in [0.717, 1.165) is 11.8 Å². The number of imidazole rings is 1. The highest BCUT2D eigenvalue weighted by molar-refractivity contribution is 5.98. The number of alkyl halides is 2. The maximum Gasteiger partial charge on any atom is 0.319 e. The number of rotatable bonds is 7. The molecule has 0 aliphatic heterocycles. The molecule has 1 heterocycles. The highest BCUT2D eigenvalue weighted by Crippen LogP contribution is 2.15. The summed E-state index contributed by atoms with van der Waals surface area (Å²) in [6, 6.07) is 6.31. The lowest BCUT2D eigenvalue weighted by atomic mass is 10.0. The van der Waals surface area contributed by atoms with Crippen LogP contribution in [0.15, 0.2) is 36.7 Å². The number of carbonyl (C=O) groups is 2. The zero-order chi connectivity index (χ0) is 20.1. The standard InChI is InChI=1S/C19H24F2N4O2/c1-12(2)16(23-17(26)14-8-6-5-7-13(14)3)18(27)24(4)11-15-22-9-10-25(15)19(20)21/h5-10,12,16,19H,11H2,1-4H3,(H,23,26). The first-order chi connectivity index (χ1) is 12.7. The van der Waals surface area contributed by atoms with Gasteiger partial charge in [-0.05, 0) is 24.5 Å². The molecule has 0 aliphatic rings. The van der Waals surface area contributed by atoms with Crippen molar-refractivity contribution in [2.75, 3.05) is 7.05 Å².